The zero-order valence-corrected chi connectivity index (χ0v) is 25.7. The van der Waals surface area contributed by atoms with Crippen molar-refractivity contribution >= 4 is 70.2 Å². The maximum atomic E-state index is 14.0. The number of rotatable bonds is 6. The smallest absolute Gasteiger partial charge is 0.266 e. The Bertz CT molecular complexity index is 2070. The molecule has 0 aliphatic carbocycles. The molecule has 8 heteroatoms. The number of anilines is 2. The molecule has 0 aromatic heterocycles. The predicted octanol–water partition coefficient (Wildman–Crippen LogP) is 8.66. The Balaban J connectivity index is 1.32. The minimum Gasteiger partial charge on any atom is -0.266 e. The first kappa shape index (κ1) is 29.2. The van der Waals surface area contributed by atoms with Crippen LogP contribution in [0.4, 0.5) is 11.4 Å². The van der Waals surface area contributed by atoms with Gasteiger partial charge < -0.3 is 0 Å². The molecule has 2 aliphatic rings. The van der Waals surface area contributed by atoms with E-state index in [4.69, 9.17) is 33.2 Å². The van der Waals surface area contributed by atoms with E-state index in [1.807, 2.05) is 121 Å². The Morgan fingerprint density at radius 3 is 1.30 bits per heavy atom. The van der Waals surface area contributed by atoms with Gasteiger partial charge in [0, 0.05) is 11.1 Å². The van der Waals surface area contributed by atoms with Gasteiger partial charge in [-0.2, -0.15) is 0 Å². The van der Waals surface area contributed by atoms with Gasteiger partial charge in [-0.15, -0.1) is 0 Å². The molecule has 6 nitrogen and oxygen atoms in total. The van der Waals surface area contributed by atoms with Gasteiger partial charge in [0.15, 0.2) is 0 Å². The van der Waals surface area contributed by atoms with Gasteiger partial charge in [-0.1, -0.05) is 145 Å². The summed E-state index contributed by atoms with van der Waals surface area (Å²) in [6, 6.07) is 41.1. The number of benzene rings is 5. The second kappa shape index (κ2) is 12.4. The molecule has 0 atom stereocenters. The summed E-state index contributed by atoms with van der Waals surface area (Å²) in [5.74, 6) is 0.112. The zero-order valence-electron chi connectivity index (χ0n) is 24.2. The number of aliphatic imine (C=N–C) groups is 2. The standard InChI is InChI=1S/C38H24Cl2N4O2/c39-30-23-29(43-35(27-17-9-3-10-18-27)41-32(37(43)45)21-25-13-5-1-6-14-25)24-31(40)34(30)44-36(28-19-11-4-12-20-28)42-33(38(44)46)22-26-15-7-2-8-16-26/h1-24H/b32-21-,33-22-. The molecule has 5 aromatic rings. The van der Waals surface area contributed by atoms with E-state index in [0.29, 0.717) is 22.9 Å². The van der Waals surface area contributed by atoms with E-state index in [9.17, 15) is 9.59 Å². The van der Waals surface area contributed by atoms with Crippen molar-refractivity contribution in [3.8, 4) is 0 Å². The lowest BCUT2D eigenvalue weighted by molar-refractivity contribution is -0.114. The molecule has 7 rings (SSSR count). The number of amidine groups is 2. The highest BCUT2D eigenvalue weighted by atomic mass is 35.5. The van der Waals surface area contributed by atoms with Crippen LogP contribution in [0.25, 0.3) is 12.2 Å². The van der Waals surface area contributed by atoms with Crippen LogP contribution in [0.15, 0.2) is 155 Å². The topological polar surface area (TPSA) is 65.3 Å². The van der Waals surface area contributed by atoms with E-state index in [1.165, 1.54) is 9.80 Å². The van der Waals surface area contributed by atoms with Crippen LogP contribution in [0.2, 0.25) is 10.0 Å². The monoisotopic (exact) mass is 638 g/mol. The molecule has 0 unspecified atom stereocenters. The molecule has 0 saturated heterocycles. The Morgan fingerprint density at radius 1 is 0.500 bits per heavy atom. The molecule has 0 spiro atoms. The normalized spacial score (nSPS) is 16.4. The highest BCUT2D eigenvalue weighted by Gasteiger charge is 2.37. The van der Waals surface area contributed by atoms with Crippen molar-refractivity contribution in [2.75, 3.05) is 9.80 Å². The molecule has 0 radical (unpaired) electrons. The summed E-state index contributed by atoms with van der Waals surface area (Å²) in [6.45, 7) is 0. The fourth-order valence-electron chi connectivity index (χ4n) is 5.35. The number of hydrogen-bond acceptors (Lipinski definition) is 4. The van der Waals surface area contributed by atoms with E-state index in [0.717, 1.165) is 16.7 Å². The molecule has 0 saturated carbocycles. The fraction of sp³-hybridized carbons (Fsp3) is 0. The summed E-state index contributed by atoms with van der Waals surface area (Å²) in [4.78, 5) is 40.3. The summed E-state index contributed by atoms with van der Waals surface area (Å²) < 4.78 is 0. The molecule has 2 aliphatic heterocycles. The Hall–Kier alpha value is -5.56. The zero-order chi connectivity index (χ0) is 31.6. The Morgan fingerprint density at radius 2 is 0.870 bits per heavy atom. The summed E-state index contributed by atoms with van der Waals surface area (Å²) in [6.07, 6.45) is 3.47. The van der Waals surface area contributed by atoms with E-state index in [1.54, 1.807) is 24.3 Å². The van der Waals surface area contributed by atoms with E-state index < -0.39 is 0 Å². The van der Waals surface area contributed by atoms with Crippen LogP contribution in [0.3, 0.4) is 0 Å². The molecule has 2 heterocycles. The van der Waals surface area contributed by atoms with Gasteiger partial charge in [0.25, 0.3) is 11.8 Å². The first-order chi connectivity index (χ1) is 22.5. The van der Waals surface area contributed by atoms with Crippen LogP contribution < -0.4 is 9.80 Å². The maximum absolute atomic E-state index is 14.0. The van der Waals surface area contributed by atoms with Crippen LogP contribution >= 0.6 is 23.2 Å². The van der Waals surface area contributed by atoms with Crippen molar-refractivity contribution in [2.24, 2.45) is 9.98 Å². The lowest BCUT2D eigenvalue weighted by atomic mass is 10.1. The highest BCUT2D eigenvalue weighted by Crippen LogP contribution is 2.42. The molecule has 0 fully saturated rings. The number of carbonyl (C=O) groups excluding carboxylic acids is 2. The first-order valence-corrected chi connectivity index (χ1v) is 15.2. The SMILES string of the molecule is O=C1/C(=C/c2ccccc2)N=C(c2ccccc2)N1c1cc(Cl)c(N2C(=O)/C(=C/c3ccccc3)N=C2c2ccccc2)c(Cl)c1. The average Bonchev–Trinajstić information content (AvgIpc) is 3.58. The van der Waals surface area contributed by atoms with Crippen LogP contribution in [-0.4, -0.2) is 23.5 Å². The summed E-state index contributed by atoms with van der Waals surface area (Å²) in [7, 11) is 0. The second-order valence-corrected chi connectivity index (χ2v) is 11.3. The molecular formula is C38H24Cl2N4O2. The van der Waals surface area contributed by atoms with E-state index in [-0.39, 0.29) is 38.9 Å². The van der Waals surface area contributed by atoms with Crippen LogP contribution in [0.5, 0.6) is 0 Å². The lowest BCUT2D eigenvalue weighted by Crippen LogP contribution is -2.34. The third kappa shape index (κ3) is 5.56. The first-order valence-electron chi connectivity index (χ1n) is 14.5. The molecule has 0 bridgehead atoms. The fourth-order valence-corrected chi connectivity index (χ4v) is 6.00. The summed E-state index contributed by atoms with van der Waals surface area (Å²) in [5.41, 5.74) is 4.31. The van der Waals surface area contributed by atoms with Gasteiger partial charge in [-0.25, -0.2) is 9.98 Å². The van der Waals surface area contributed by atoms with Crippen LogP contribution in [0, 0.1) is 0 Å². The van der Waals surface area contributed by atoms with Crippen molar-refractivity contribution in [1.29, 1.82) is 0 Å². The Kier molecular flexibility index (Phi) is 7.89. The number of carbonyl (C=O) groups is 2. The Labute approximate surface area is 275 Å². The third-order valence-electron chi connectivity index (χ3n) is 7.47. The largest absolute Gasteiger partial charge is 0.282 e. The van der Waals surface area contributed by atoms with Gasteiger partial charge in [0.05, 0.1) is 21.4 Å². The summed E-state index contributed by atoms with van der Waals surface area (Å²) in [5, 5.41) is 0.335. The van der Waals surface area contributed by atoms with E-state index >= 15 is 0 Å². The lowest BCUT2D eigenvalue weighted by Gasteiger charge is -2.24. The van der Waals surface area contributed by atoms with Gasteiger partial charge in [0.1, 0.15) is 23.1 Å². The van der Waals surface area contributed by atoms with Crippen LogP contribution in [-0.2, 0) is 9.59 Å². The minimum absolute atomic E-state index is 0.168. The average molecular weight is 640 g/mol. The molecule has 2 amide bonds. The van der Waals surface area contributed by atoms with Crippen molar-refractivity contribution in [3.63, 3.8) is 0 Å². The van der Waals surface area contributed by atoms with Crippen molar-refractivity contribution in [1.82, 2.24) is 0 Å². The minimum atomic E-state index is -0.379. The van der Waals surface area contributed by atoms with E-state index in [2.05, 4.69) is 0 Å². The van der Waals surface area contributed by atoms with Crippen molar-refractivity contribution < 1.29 is 9.59 Å². The van der Waals surface area contributed by atoms with Gasteiger partial charge >= 0.3 is 0 Å². The number of amides is 2. The molecular weight excluding hydrogens is 615 g/mol. The third-order valence-corrected chi connectivity index (χ3v) is 8.05. The van der Waals surface area contributed by atoms with Gasteiger partial charge in [0.2, 0.25) is 0 Å². The van der Waals surface area contributed by atoms with Gasteiger partial charge in [-0.05, 0) is 35.4 Å². The molecule has 5 aromatic carbocycles. The molecule has 222 valence electrons. The van der Waals surface area contributed by atoms with Crippen LogP contribution in [0.1, 0.15) is 22.3 Å². The van der Waals surface area contributed by atoms with Gasteiger partial charge in [-0.3, -0.25) is 19.4 Å². The number of hydrogen-bond donors (Lipinski definition) is 0. The highest BCUT2D eigenvalue weighted by molar-refractivity contribution is 6.45. The predicted molar refractivity (Wildman–Crippen MR) is 186 cm³/mol. The number of halogens is 2. The second-order valence-electron chi connectivity index (χ2n) is 10.5. The maximum Gasteiger partial charge on any atom is 0.282 e. The molecule has 46 heavy (non-hydrogen) atoms. The van der Waals surface area contributed by atoms with Crippen molar-refractivity contribution in [2.45, 2.75) is 0 Å². The van der Waals surface area contributed by atoms with Crippen molar-refractivity contribution in [3.05, 3.63) is 177 Å². The molecule has 0 N–H and O–H groups in total. The summed E-state index contributed by atoms with van der Waals surface area (Å²) >= 11 is 14.0. The number of nitrogens with zero attached hydrogens (tertiary/aromatic N) is 4. The quantitative estimate of drug-likeness (QED) is 0.175.